The molecule has 5 nitrogen and oxygen atoms in total. The quantitative estimate of drug-likeness (QED) is 0.897. The number of anilines is 1. The molecule has 0 aliphatic rings. The van der Waals surface area contributed by atoms with Gasteiger partial charge in [0.2, 0.25) is 15.9 Å². The van der Waals surface area contributed by atoms with Gasteiger partial charge in [-0.15, -0.1) is 0 Å². The van der Waals surface area contributed by atoms with E-state index in [0.717, 1.165) is 28.8 Å². The van der Waals surface area contributed by atoms with E-state index in [1.165, 1.54) is 7.05 Å². The van der Waals surface area contributed by atoms with Crippen molar-refractivity contribution in [1.82, 2.24) is 4.31 Å². The second-order valence-corrected chi connectivity index (χ2v) is 7.22. The standard InChI is InChI=1S/C16H16F2N2O3S/c1-20(24(2,22)23)15(11-7-4-3-5-8-11)16(21)19-14-12(17)9-6-10-13(14)18/h3-10,15H,1-2H3,(H,19,21)/t15-/m1/s1. The van der Waals surface area contributed by atoms with Gasteiger partial charge in [-0.05, 0) is 17.7 Å². The lowest BCUT2D eigenvalue weighted by atomic mass is 10.1. The van der Waals surface area contributed by atoms with E-state index in [1.54, 1.807) is 30.3 Å². The minimum Gasteiger partial charge on any atom is -0.319 e. The second kappa shape index (κ2) is 7.06. The second-order valence-electron chi connectivity index (χ2n) is 5.18. The van der Waals surface area contributed by atoms with Crippen molar-refractivity contribution in [3.8, 4) is 0 Å². The van der Waals surface area contributed by atoms with Crippen molar-refractivity contribution in [2.45, 2.75) is 6.04 Å². The zero-order valence-corrected chi connectivity index (χ0v) is 13.8. The Kier molecular flexibility index (Phi) is 5.30. The molecular weight excluding hydrogens is 338 g/mol. The van der Waals surface area contributed by atoms with E-state index in [4.69, 9.17) is 0 Å². The van der Waals surface area contributed by atoms with Crippen LogP contribution in [0.2, 0.25) is 0 Å². The molecule has 8 heteroatoms. The van der Waals surface area contributed by atoms with Crippen LogP contribution in [0.1, 0.15) is 11.6 Å². The largest absolute Gasteiger partial charge is 0.319 e. The number of benzene rings is 2. The summed E-state index contributed by atoms with van der Waals surface area (Å²) >= 11 is 0. The minimum atomic E-state index is -3.72. The van der Waals surface area contributed by atoms with Gasteiger partial charge in [0.05, 0.1) is 6.26 Å². The van der Waals surface area contributed by atoms with Crippen LogP contribution < -0.4 is 5.32 Å². The molecule has 0 bridgehead atoms. The van der Waals surface area contributed by atoms with E-state index in [0.29, 0.717) is 5.56 Å². The van der Waals surface area contributed by atoms with Crippen molar-refractivity contribution < 1.29 is 22.0 Å². The number of hydrogen-bond donors (Lipinski definition) is 1. The molecule has 0 saturated heterocycles. The van der Waals surface area contributed by atoms with Gasteiger partial charge in [-0.2, -0.15) is 4.31 Å². The lowest BCUT2D eigenvalue weighted by Crippen LogP contribution is -2.38. The van der Waals surface area contributed by atoms with Crippen LogP contribution in [0, 0.1) is 11.6 Å². The highest BCUT2D eigenvalue weighted by Gasteiger charge is 2.31. The molecule has 0 aliphatic carbocycles. The molecule has 0 radical (unpaired) electrons. The Morgan fingerprint density at radius 2 is 1.58 bits per heavy atom. The highest BCUT2D eigenvalue weighted by atomic mass is 32.2. The van der Waals surface area contributed by atoms with Gasteiger partial charge in [0.15, 0.2) is 0 Å². The molecule has 2 aromatic rings. The SMILES string of the molecule is CN([C@@H](C(=O)Nc1c(F)cccc1F)c1ccccc1)S(C)(=O)=O. The highest BCUT2D eigenvalue weighted by Crippen LogP contribution is 2.25. The van der Waals surface area contributed by atoms with Crippen LogP contribution in [0.4, 0.5) is 14.5 Å². The molecule has 0 aromatic heterocycles. The van der Waals surface area contributed by atoms with Crippen LogP contribution in [0.15, 0.2) is 48.5 Å². The Balaban J connectivity index is 2.42. The monoisotopic (exact) mass is 354 g/mol. The van der Waals surface area contributed by atoms with Crippen molar-refractivity contribution in [2.24, 2.45) is 0 Å². The van der Waals surface area contributed by atoms with Crippen LogP contribution in [-0.2, 0) is 14.8 Å². The van der Waals surface area contributed by atoms with Crippen molar-refractivity contribution in [3.63, 3.8) is 0 Å². The van der Waals surface area contributed by atoms with Crippen LogP contribution in [-0.4, -0.2) is 31.9 Å². The zero-order chi connectivity index (χ0) is 17.9. The lowest BCUT2D eigenvalue weighted by molar-refractivity contribution is -0.119. The molecule has 2 rings (SSSR count). The third-order valence-electron chi connectivity index (χ3n) is 3.46. The number of carbonyl (C=O) groups excluding carboxylic acids is 1. The summed E-state index contributed by atoms with van der Waals surface area (Å²) in [6.07, 6.45) is 0.944. The average Bonchev–Trinajstić information content (AvgIpc) is 2.51. The molecule has 0 unspecified atom stereocenters. The highest BCUT2D eigenvalue weighted by molar-refractivity contribution is 7.88. The van der Waals surface area contributed by atoms with Gasteiger partial charge >= 0.3 is 0 Å². The summed E-state index contributed by atoms with van der Waals surface area (Å²) in [5.41, 5.74) is -0.245. The molecule has 0 aliphatic heterocycles. The van der Waals surface area contributed by atoms with Gasteiger partial charge in [0, 0.05) is 7.05 Å². The van der Waals surface area contributed by atoms with Gasteiger partial charge in [0.25, 0.3) is 0 Å². The molecule has 0 spiro atoms. The summed E-state index contributed by atoms with van der Waals surface area (Å²) in [5.74, 6) is -2.76. The third kappa shape index (κ3) is 3.95. The number of carbonyl (C=O) groups is 1. The van der Waals surface area contributed by atoms with Gasteiger partial charge < -0.3 is 5.32 Å². The van der Waals surface area contributed by atoms with Crippen LogP contribution in [0.25, 0.3) is 0 Å². The van der Waals surface area contributed by atoms with E-state index in [9.17, 15) is 22.0 Å². The smallest absolute Gasteiger partial charge is 0.247 e. The maximum Gasteiger partial charge on any atom is 0.247 e. The Bertz CT molecular complexity index is 821. The summed E-state index contributed by atoms with van der Waals surface area (Å²) < 4.78 is 52.0. The first-order chi connectivity index (χ1) is 11.2. The fourth-order valence-electron chi connectivity index (χ4n) is 2.16. The molecule has 1 atom stereocenters. The Labute approximate surface area is 139 Å². The number of halogens is 2. The molecule has 24 heavy (non-hydrogen) atoms. The first-order valence-electron chi connectivity index (χ1n) is 6.94. The van der Waals surface area contributed by atoms with E-state index < -0.39 is 39.3 Å². The van der Waals surface area contributed by atoms with Crippen LogP contribution in [0.5, 0.6) is 0 Å². The van der Waals surface area contributed by atoms with Crippen molar-refractivity contribution in [2.75, 3.05) is 18.6 Å². The molecular formula is C16H16F2N2O3S. The fraction of sp³-hybridized carbons (Fsp3) is 0.188. The van der Waals surface area contributed by atoms with E-state index in [-0.39, 0.29) is 0 Å². The molecule has 128 valence electrons. The van der Waals surface area contributed by atoms with E-state index in [1.807, 2.05) is 0 Å². The number of nitrogens with zero attached hydrogens (tertiary/aromatic N) is 1. The normalized spacial score (nSPS) is 12.9. The zero-order valence-electron chi connectivity index (χ0n) is 13.0. The lowest BCUT2D eigenvalue weighted by Gasteiger charge is -2.25. The Morgan fingerprint density at radius 3 is 2.08 bits per heavy atom. The summed E-state index contributed by atoms with van der Waals surface area (Å²) in [5, 5.41) is 2.14. The predicted molar refractivity (Wildman–Crippen MR) is 86.8 cm³/mol. The van der Waals surface area contributed by atoms with Crippen molar-refractivity contribution in [1.29, 1.82) is 0 Å². The van der Waals surface area contributed by atoms with Gasteiger partial charge in [-0.1, -0.05) is 36.4 Å². The Morgan fingerprint density at radius 1 is 1.04 bits per heavy atom. The minimum absolute atomic E-state index is 0.375. The first kappa shape index (κ1) is 18.0. The summed E-state index contributed by atoms with van der Waals surface area (Å²) in [6.45, 7) is 0. The number of likely N-dealkylation sites (N-methyl/N-ethyl adjacent to an activating group) is 1. The third-order valence-corrected chi connectivity index (χ3v) is 4.72. The molecule has 1 amide bonds. The van der Waals surface area contributed by atoms with Gasteiger partial charge in [0.1, 0.15) is 23.4 Å². The number of hydrogen-bond acceptors (Lipinski definition) is 3. The van der Waals surface area contributed by atoms with E-state index in [2.05, 4.69) is 5.32 Å². The van der Waals surface area contributed by atoms with Crippen LogP contribution in [0.3, 0.4) is 0 Å². The molecule has 2 aromatic carbocycles. The van der Waals surface area contributed by atoms with Crippen LogP contribution >= 0.6 is 0 Å². The number of sulfonamides is 1. The maximum absolute atomic E-state index is 13.7. The Hall–Kier alpha value is -2.32. The molecule has 1 N–H and O–H groups in total. The maximum atomic E-state index is 13.7. The van der Waals surface area contributed by atoms with Gasteiger partial charge in [-0.3, -0.25) is 4.79 Å². The number of amides is 1. The number of rotatable bonds is 5. The first-order valence-corrected chi connectivity index (χ1v) is 8.79. The topological polar surface area (TPSA) is 66.5 Å². The predicted octanol–water partition coefficient (Wildman–Crippen LogP) is 2.54. The molecule has 0 saturated carbocycles. The van der Waals surface area contributed by atoms with Gasteiger partial charge in [-0.25, -0.2) is 17.2 Å². The summed E-state index contributed by atoms with van der Waals surface area (Å²) in [6, 6.07) is 9.98. The van der Waals surface area contributed by atoms with E-state index >= 15 is 0 Å². The summed E-state index contributed by atoms with van der Waals surface area (Å²) in [7, 11) is -2.50. The number of nitrogens with one attached hydrogen (secondary N) is 1. The number of para-hydroxylation sites is 1. The van der Waals surface area contributed by atoms with Crippen molar-refractivity contribution >= 4 is 21.6 Å². The fourth-order valence-corrected chi connectivity index (χ4v) is 2.76. The molecule has 0 heterocycles. The van der Waals surface area contributed by atoms with Crippen molar-refractivity contribution in [3.05, 3.63) is 65.7 Å². The summed E-state index contributed by atoms with van der Waals surface area (Å²) in [4.78, 5) is 12.6. The average molecular weight is 354 g/mol. The molecule has 0 fully saturated rings.